The molecule has 0 atom stereocenters. The molecule has 1 aromatic carbocycles. The van der Waals surface area contributed by atoms with E-state index in [1.165, 1.54) is 0 Å². The van der Waals surface area contributed by atoms with Gasteiger partial charge in [0, 0.05) is 6.07 Å². The highest BCUT2D eigenvalue weighted by atomic mass is 35.5. The molecule has 2 aromatic rings. The van der Waals surface area contributed by atoms with E-state index in [9.17, 15) is 0 Å². The lowest BCUT2D eigenvalue weighted by Crippen LogP contribution is -1.94. The zero-order chi connectivity index (χ0) is 9.26. The maximum atomic E-state index is 5.40. The second-order valence-electron chi connectivity index (χ2n) is 2.65. The first-order chi connectivity index (χ1) is 6.33. The second-order valence-corrected chi connectivity index (χ2v) is 2.65. The molecule has 2 N–H and O–H groups in total. The third-order valence-corrected chi connectivity index (χ3v) is 1.81. The predicted octanol–water partition coefficient (Wildman–Crippen LogP) is 1.72. The summed E-state index contributed by atoms with van der Waals surface area (Å²) in [5.74, 6) is 1.31. The van der Waals surface area contributed by atoms with Crippen LogP contribution in [0, 0.1) is 0 Å². The number of halogens is 1. The number of hydrogen-bond acceptors (Lipinski definition) is 4. The molecule has 0 bridgehead atoms. The number of nitrogens with two attached hydrogens (primary N) is 1. The van der Waals surface area contributed by atoms with Gasteiger partial charge in [0.15, 0.2) is 5.58 Å². The maximum Gasteiger partial charge on any atom is 0.209 e. The van der Waals surface area contributed by atoms with Gasteiger partial charge in [-0.3, -0.25) is 0 Å². The number of aromatic nitrogens is 1. The number of nitrogens with zero attached hydrogens (tertiary/aromatic N) is 1. The topological polar surface area (TPSA) is 61.3 Å². The van der Waals surface area contributed by atoms with Crippen molar-refractivity contribution in [2.24, 2.45) is 5.73 Å². The van der Waals surface area contributed by atoms with Crippen molar-refractivity contribution >= 4 is 23.5 Å². The molecular weight excluding hydrogens is 204 g/mol. The van der Waals surface area contributed by atoms with Crippen molar-refractivity contribution in [3.63, 3.8) is 0 Å². The second kappa shape index (κ2) is 4.30. The van der Waals surface area contributed by atoms with Gasteiger partial charge >= 0.3 is 0 Å². The highest BCUT2D eigenvalue weighted by Crippen LogP contribution is 2.20. The fourth-order valence-corrected chi connectivity index (χ4v) is 1.17. The highest BCUT2D eigenvalue weighted by molar-refractivity contribution is 5.85. The normalized spacial score (nSPS) is 9.86. The minimum Gasteiger partial charge on any atom is -0.497 e. The van der Waals surface area contributed by atoms with E-state index in [4.69, 9.17) is 14.9 Å². The molecule has 0 spiro atoms. The number of benzene rings is 1. The lowest BCUT2D eigenvalue weighted by Gasteiger charge is -1.95. The largest absolute Gasteiger partial charge is 0.497 e. The van der Waals surface area contributed by atoms with Gasteiger partial charge in [-0.2, -0.15) is 0 Å². The molecule has 1 heterocycles. The Bertz CT molecular complexity index is 426. The minimum atomic E-state index is 0. The van der Waals surface area contributed by atoms with Gasteiger partial charge in [0.05, 0.1) is 13.7 Å². The Labute approximate surface area is 87.5 Å². The van der Waals surface area contributed by atoms with Gasteiger partial charge in [-0.15, -0.1) is 12.4 Å². The van der Waals surface area contributed by atoms with Crippen molar-refractivity contribution < 1.29 is 9.15 Å². The molecule has 0 aliphatic carbocycles. The highest BCUT2D eigenvalue weighted by Gasteiger charge is 2.04. The van der Waals surface area contributed by atoms with Crippen LogP contribution in [0.1, 0.15) is 5.89 Å². The molecule has 0 amide bonds. The number of rotatable bonds is 2. The maximum absolute atomic E-state index is 5.40. The molecule has 76 valence electrons. The average molecular weight is 215 g/mol. The molecule has 0 unspecified atom stereocenters. The van der Waals surface area contributed by atoms with E-state index >= 15 is 0 Å². The van der Waals surface area contributed by atoms with E-state index in [0.717, 1.165) is 16.8 Å². The van der Waals surface area contributed by atoms with Crippen molar-refractivity contribution in [1.29, 1.82) is 0 Å². The summed E-state index contributed by atoms with van der Waals surface area (Å²) in [6, 6.07) is 5.46. The monoisotopic (exact) mass is 214 g/mol. The first-order valence-corrected chi connectivity index (χ1v) is 3.97. The summed E-state index contributed by atoms with van der Waals surface area (Å²) in [7, 11) is 1.62. The summed E-state index contributed by atoms with van der Waals surface area (Å²) in [4.78, 5) is 4.17. The molecule has 4 nitrogen and oxygen atoms in total. The van der Waals surface area contributed by atoms with Crippen LogP contribution in [0.3, 0.4) is 0 Å². The first kappa shape index (κ1) is 10.8. The SMILES string of the molecule is COc1ccc2oc(CN)nc2c1.Cl. The van der Waals surface area contributed by atoms with E-state index < -0.39 is 0 Å². The van der Waals surface area contributed by atoms with Gasteiger partial charge in [0.2, 0.25) is 5.89 Å². The quantitative estimate of drug-likeness (QED) is 0.827. The Balaban J connectivity index is 0.000000980. The van der Waals surface area contributed by atoms with E-state index in [0.29, 0.717) is 12.4 Å². The summed E-state index contributed by atoms with van der Waals surface area (Å²) in [6.07, 6.45) is 0. The summed E-state index contributed by atoms with van der Waals surface area (Å²) in [5.41, 5.74) is 6.91. The molecule has 14 heavy (non-hydrogen) atoms. The van der Waals surface area contributed by atoms with E-state index in [2.05, 4.69) is 4.98 Å². The zero-order valence-electron chi connectivity index (χ0n) is 7.69. The number of fused-ring (bicyclic) bond motifs is 1. The number of ether oxygens (including phenoxy) is 1. The third kappa shape index (κ3) is 1.81. The van der Waals surface area contributed by atoms with Crippen LogP contribution >= 0.6 is 12.4 Å². The van der Waals surface area contributed by atoms with Crippen molar-refractivity contribution in [3.8, 4) is 5.75 Å². The van der Waals surface area contributed by atoms with E-state index in [-0.39, 0.29) is 12.4 Å². The standard InChI is InChI=1S/C9H10N2O2.ClH/c1-12-6-2-3-8-7(4-6)11-9(5-10)13-8;/h2-4H,5,10H2,1H3;1H. The fraction of sp³-hybridized carbons (Fsp3) is 0.222. The Morgan fingerprint density at radius 3 is 2.93 bits per heavy atom. The molecular formula is C9H11ClN2O2. The third-order valence-electron chi connectivity index (χ3n) is 1.81. The predicted molar refractivity (Wildman–Crippen MR) is 55.7 cm³/mol. The molecule has 0 aliphatic heterocycles. The minimum absolute atomic E-state index is 0. The molecule has 1 aromatic heterocycles. The van der Waals surface area contributed by atoms with Crippen LogP contribution in [-0.2, 0) is 6.54 Å². The molecule has 0 saturated heterocycles. The van der Waals surface area contributed by atoms with E-state index in [1.54, 1.807) is 7.11 Å². The van der Waals surface area contributed by atoms with Crippen molar-refractivity contribution in [2.75, 3.05) is 7.11 Å². The smallest absolute Gasteiger partial charge is 0.209 e. The molecule has 5 heteroatoms. The van der Waals surface area contributed by atoms with Crippen LogP contribution in [0.15, 0.2) is 22.6 Å². The fourth-order valence-electron chi connectivity index (χ4n) is 1.17. The van der Waals surface area contributed by atoms with Gasteiger partial charge in [0.1, 0.15) is 11.3 Å². The van der Waals surface area contributed by atoms with Crippen LogP contribution in [-0.4, -0.2) is 12.1 Å². The zero-order valence-corrected chi connectivity index (χ0v) is 8.50. The Hall–Kier alpha value is -1.26. The molecule has 0 aliphatic rings. The molecule has 0 radical (unpaired) electrons. The molecule has 0 saturated carbocycles. The summed E-state index contributed by atoms with van der Waals surface area (Å²) >= 11 is 0. The lowest BCUT2D eigenvalue weighted by molar-refractivity contribution is 0.415. The van der Waals surface area contributed by atoms with Crippen LogP contribution in [0.2, 0.25) is 0 Å². The Morgan fingerprint density at radius 2 is 2.29 bits per heavy atom. The average Bonchev–Trinajstić information content (AvgIpc) is 2.58. The lowest BCUT2D eigenvalue weighted by atomic mass is 10.3. The number of methoxy groups -OCH3 is 1. The number of hydrogen-bond donors (Lipinski definition) is 1. The van der Waals surface area contributed by atoms with Gasteiger partial charge in [0.25, 0.3) is 0 Å². The summed E-state index contributed by atoms with van der Waals surface area (Å²) in [6.45, 7) is 0.316. The van der Waals surface area contributed by atoms with Gasteiger partial charge in [-0.1, -0.05) is 0 Å². The Morgan fingerprint density at radius 1 is 1.50 bits per heavy atom. The van der Waals surface area contributed by atoms with Gasteiger partial charge in [-0.05, 0) is 12.1 Å². The van der Waals surface area contributed by atoms with Crippen molar-refractivity contribution in [3.05, 3.63) is 24.1 Å². The Kier molecular flexibility index (Phi) is 3.33. The molecule has 0 fully saturated rings. The summed E-state index contributed by atoms with van der Waals surface area (Å²) < 4.78 is 10.4. The number of oxazole rings is 1. The van der Waals surface area contributed by atoms with Crippen molar-refractivity contribution in [1.82, 2.24) is 4.98 Å². The van der Waals surface area contributed by atoms with Crippen LogP contribution in [0.5, 0.6) is 5.75 Å². The van der Waals surface area contributed by atoms with Crippen LogP contribution in [0.25, 0.3) is 11.1 Å². The van der Waals surface area contributed by atoms with E-state index in [1.807, 2.05) is 18.2 Å². The van der Waals surface area contributed by atoms with Crippen molar-refractivity contribution in [2.45, 2.75) is 6.54 Å². The first-order valence-electron chi connectivity index (χ1n) is 3.97. The molecule has 2 rings (SSSR count). The van der Waals surface area contributed by atoms with Gasteiger partial charge < -0.3 is 14.9 Å². The van der Waals surface area contributed by atoms with Gasteiger partial charge in [-0.25, -0.2) is 4.98 Å². The van der Waals surface area contributed by atoms with Crippen LogP contribution < -0.4 is 10.5 Å². The van der Waals surface area contributed by atoms with Crippen LogP contribution in [0.4, 0.5) is 0 Å². The summed E-state index contributed by atoms with van der Waals surface area (Å²) in [5, 5.41) is 0.